The summed E-state index contributed by atoms with van der Waals surface area (Å²) in [6, 6.07) is 12.5. The summed E-state index contributed by atoms with van der Waals surface area (Å²) in [6.07, 6.45) is 1.74. The van der Waals surface area contributed by atoms with Crippen LogP contribution in [0.3, 0.4) is 0 Å². The number of carbonyl (C=O) groups excluding carboxylic acids is 1. The van der Waals surface area contributed by atoms with Crippen molar-refractivity contribution in [3.63, 3.8) is 0 Å². The molecule has 0 spiro atoms. The summed E-state index contributed by atoms with van der Waals surface area (Å²) in [5, 5.41) is 13.8. The van der Waals surface area contributed by atoms with Gasteiger partial charge in [-0.15, -0.1) is 10.2 Å². The number of hydrogen-bond donors (Lipinski definition) is 2. The quantitative estimate of drug-likeness (QED) is 0.729. The number of nitrogens with zero attached hydrogens (tertiary/aromatic N) is 3. The maximum absolute atomic E-state index is 12.1. The van der Waals surface area contributed by atoms with Crippen molar-refractivity contribution in [2.45, 2.75) is 32.7 Å². The summed E-state index contributed by atoms with van der Waals surface area (Å²) < 4.78 is 5.71. The highest BCUT2D eigenvalue weighted by Gasteiger charge is 2.19. The average molecular weight is 351 g/mol. The third-order valence-electron chi connectivity index (χ3n) is 3.64. The Morgan fingerprint density at radius 2 is 1.85 bits per heavy atom. The van der Waals surface area contributed by atoms with Crippen molar-refractivity contribution >= 4 is 17.4 Å². The summed E-state index contributed by atoms with van der Waals surface area (Å²) in [5.41, 5.74) is 0.865. The lowest BCUT2D eigenvalue weighted by atomic mass is 9.94. The minimum atomic E-state index is -0.308. The van der Waals surface area contributed by atoms with E-state index in [4.69, 9.17) is 4.42 Å². The third kappa shape index (κ3) is 4.44. The molecule has 0 aliphatic carbocycles. The van der Waals surface area contributed by atoms with Gasteiger partial charge in [-0.1, -0.05) is 39.0 Å². The Morgan fingerprint density at radius 3 is 2.46 bits per heavy atom. The second-order valence-electron chi connectivity index (χ2n) is 6.85. The second kappa shape index (κ2) is 7.35. The maximum atomic E-state index is 12.1. The Hall–Kier alpha value is -3.22. The van der Waals surface area contributed by atoms with Crippen LogP contribution in [0.1, 0.15) is 42.9 Å². The van der Waals surface area contributed by atoms with E-state index in [-0.39, 0.29) is 17.0 Å². The van der Waals surface area contributed by atoms with Gasteiger partial charge in [-0.3, -0.25) is 4.79 Å². The highest BCUT2D eigenvalue weighted by atomic mass is 16.4. The van der Waals surface area contributed by atoms with Crippen LogP contribution in [0.25, 0.3) is 0 Å². The number of benzene rings is 1. The summed E-state index contributed by atoms with van der Waals surface area (Å²) >= 11 is 0. The zero-order valence-corrected chi connectivity index (χ0v) is 15.0. The monoisotopic (exact) mass is 351 g/mol. The van der Waals surface area contributed by atoms with Crippen molar-refractivity contribution in [2.75, 3.05) is 10.6 Å². The highest BCUT2D eigenvalue weighted by Crippen LogP contribution is 2.22. The maximum Gasteiger partial charge on any atom is 0.276 e. The van der Waals surface area contributed by atoms with Crippen LogP contribution in [0.2, 0.25) is 0 Å². The van der Waals surface area contributed by atoms with E-state index in [1.807, 2.05) is 30.3 Å². The molecule has 0 bridgehead atoms. The second-order valence-corrected chi connectivity index (χ2v) is 6.85. The first-order valence-electron chi connectivity index (χ1n) is 8.31. The van der Waals surface area contributed by atoms with Crippen LogP contribution in [-0.4, -0.2) is 21.1 Å². The van der Waals surface area contributed by atoms with Crippen LogP contribution >= 0.6 is 0 Å². The normalized spacial score (nSPS) is 11.2. The molecule has 1 aromatic carbocycles. The SMILES string of the molecule is CC(C)(C)c1cnc(CNc2ccc(C(=O)Nc3ccccc3)nn2)o1. The van der Waals surface area contributed by atoms with Crippen LogP contribution in [-0.2, 0) is 12.0 Å². The average Bonchev–Trinajstić information content (AvgIpc) is 3.11. The molecule has 3 rings (SSSR count). The summed E-state index contributed by atoms with van der Waals surface area (Å²) in [7, 11) is 0. The Kier molecular flexibility index (Phi) is 4.97. The third-order valence-corrected chi connectivity index (χ3v) is 3.64. The molecule has 3 aromatic rings. The molecular weight excluding hydrogens is 330 g/mol. The first-order valence-corrected chi connectivity index (χ1v) is 8.31. The molecule has 0 aliphatic rings. The number of amides is 1. The summed E-state index contributed by atoms with van der Waals surface area (Å²) in [6.45, 7) is 6.58. The molecule has 2 N–H and O–H groups in total. The molecule has 2 heterocycles. The molecule has 0 saturated heterocycles. The molecule has 1 amide bonds. The van der Waals surface area contributed by atoms with Gasteiger partial charge >= 0.3 is 0 Å². The van der Waals surface area contributed by atoms with E-state index in [0.29, 0.717) is 23.9 Å². The van der Waals surface area contributed by atoms with E-state index in [0.717, 1.165) is 5.76 Å². The zero-order valence-electron chi connectivity index (χ0n) is 15.0. The van der Waals surface area contributed by atoms with Crippen LogP contribution < -0.4 is 10.6 Å². The number of nitrogens with one attached hydrogen (secondary N) is 2. The standard InChI is InChI=1S/C19H21N5O2/c1-19(2,3)15-11-21-17(26-15)12-20-16-10-9-14(23-24-16)18(25)22-13-7-5-4-6-8-13/h4-11H,12H2,1-3H3,(H,20,24)(H,22,25). The molecule has 7 nitrogen and oxygen atoms in total. The van der Waals surface area contributed by atoms with Crippen molar-refractivity contribution in [1.29, 1.82) is 0 Å². The molecule has 0 fully saturated rings. The first kappa shape index (κ1) is 17.6. The van der Waals surface area contributed by atoms with Gasteiger partial charge in [-0.2, -0.15) is 0 Å². The van der Waals surface area contributed by atoms with Gasteiger partial charge in [0.1, 0.15) is 11.6 Å². The van der Waals surface area contributed by atoms with Crippen molar-refractivity contribution in [3.8, 4) is 0 Å². The van der Waals surface area contributed by atoms with Crippen LogP contribution in [0.5, 0.6) is 0 Å². The van der Waals surface area contributed by atoms with Crippen molar-refractivity contribution in [1.82, 2.24) is 15.2 Å². The van der Waals surface area contributed by atoms with Crippen molar-refractivity contribution in [3.05, 3.63) is 66.0 Å². The van der Waals surface area contributed by atoms with Gasteiger partial charge in [0, 0.05) is 11.1 Å². The van der Waals surface area contributed by atoms with E-state index >= 15 is 0 Å². The molecule has 26 heavy (non-hydrogen) atoms. The lowest BCUT2D eigenvalue weighted by molar-refractivity contribution is 0.102. The molecule has 2 aromatic heterocycles. The topological polar surface area (TPSA) is 92.9 Å². The lowest BCUT2D eigenvalue weighted by Gasteiger charge is -2.13. The van der Waals surface area contributed by atoms with E-state index in [9.17, 15) is 4.79 Å². The van der Waals surface area contributed by atoms with Crippen LogP contribution in [0.4, 0.5) is 11.5 Å². The number of anilines is 2. The molecule has 7 heteroatoms. The lowest BCUT2D eigenvalue weighted by Crippen LogP contribution is -2.14. The summed E-state index contributed by atoms with van der Waals surface area (Å²) in [5.74, 6) is 1.63. The first-order chi connectivity index (χ1) is 12.4. The fourth-order valence-electron chi connectivity index (χ4n) is 2.17. The van der Waals surface area contributed by atoms with Gasteiger partial charge in [0.2, 0.25) is 5.89 Å². The molecule has 134 valence electrons. The zero-order chi connectivity index (χ0) is 18.6. The number of oxazole rings is 1. The Labute approximate surface area is 151 Å². The molecule has 0 aliphatic heterocycles. The fourth-order valence-corrected chi connectivity index (χ4v) is 2.17. The number of carbonyl (C=O) groups is 1. The number of aromatic nitrogens is 3. The molecular formula is C19H21N5O2. The smallest absolute Gasteiger partial charge is 0.276 e. The predicted octanol–water partition coefficient (Wildman–Crippen LogP) is 3.63. The van der Waals surface area contributed by atoms with Gasteiger partial charge in [0.05, 0.1) is 12.7 Å². The van der Waals surface area contributed by atoms with Crippen molar-refractivity contribution in [2.24, 2.45) is 0 Å². The Morgan fingerprint density at radius 1 is 1.08 bits per heavy atom. The number of hydrogen-bond acceptors (Lipinski definition) is 6. The van der Waals surface area contributed by atoms with E-state index < -0.39 is 0 Å². The van der Waals surface area contributed by atoms with Crippen LogP contribution in [0, 0.1) is 0 Å². The largest absolute Gasteiger partial charge is 0.443 e. The molecule has 0 unspecified atom stereocenters. The van der Waals surface area contributed by atoms with Gasteiger partial charge < -0.3 is 15.1 Å². The Balaban J connectivity index is 1.57. The van der Waals surface area contributed by atoms with Crippen LogP contribution in [0.15, 0.2) is 53.1 Å². The van der Waals surface area contributed by atoms with E-state index in [1.165, 1.54) is 0 Å². The molecule has 0 radical (unpaired) electrons. The minimum absolute atomic E-state index is 0.0845. The minimum Gasteiger partial charge on any atom is -0.443 e. The predicted molar refractivity (Wildman–Crippen MR) is 99.0 cm³/mol. The molecule has 0 saturated carbocycles. The fraction of sp³-hybridized carbons (Fsp3) is 0.263. The van der Waals surface area contributed by atoms with Crippen molar-refractivity contribution < 1.29 is 9.21 Å². The number of rotatable bonds is 5. The van der Waals surface area contributed by atoms with Gasteiger partial charge in [0.25, 0.3) is 5.91 Å². The van der Waals surface area contributed by atoms with Gasteiger partial charge in [0.15, 0.2) is 5.69 Å². The van der Waals surface area contributed by atoms with E-state index in [1.54, 1.807) is 18.3 Å². The summed E-state index contributed by atoms with van der Waals surface area (Å²) in [4.78, 5) is 16.4. The van der Waals surface area contributed by atoms with E-state index in [2.05, 4.69) is 46.6 Å². The highest BCUT2D eigenvalue weighted by molar-refractivity contribution is 6.02. The Bertz CT molecular complexity index is 867. The molecule has 0 atom stereocenters. The van der Waals surface area contributed by atoms with Gasteiger partial charge in [-0.25, -0.2) is 4.98 Å². The van der Waals surface area contributed by atoms with Gasteiger partial charge in [-0.05, 0) is 24.3 Å². The number of para-hydroxylation sites is 1.